The average Bonchev–Trinajstić information content (AvgIpc) is 3.41. The number of nitrogens with zero attached hydrogens (tertiary/aromatic N) is 1. The average molecular weight is 327 g/mol. The van der Waals surface area contributed by atoms with E-state index in [1.165, 1.54) is 0 Å². The molecule has 1 aliphatic rings. The second kappa shape index (κ2) is 6.91. The van der Waals surface area contributed by atoms with Crippen molar-refractivity contribution in [2.75, 3.05) is 13.2 Å². The van der Waals surface area contributed by atoms with Crippen LogP contribution in [-0.2, 0) is 9.59 Å². The van der Waals surface area contributed by atoms with Crippen LogP contribution in [0.5, 0.6) is 5.75 Å². The van der Waals surface area contributed by atoms with E-state index in [9.17, 15) is 9.59 Å². The van der Waals surface area contributed by atoms with E-state index >= 15 is 0 Å². The summed E-state index contributed by atoms with van der Waals surface area (Å²) in [7, 11) is 0. The topological polar surface area (TPSA) is 66.8 Å². The standard InChI is InChI=1S/C19H21NO4/c1-13(19(22)23)11-20(16-7-8-16)18(21)12-24-17-9-6-14-4-2-3-5-15(14)10-17/h2-6,9-10,13,16H,7-8,11-12H2,1H3,(H,22,23). The number of benzene rings is 2. The molecule has 1 aliphatic carbocycles. The Bertz CT molecular complexity index is 754. The van der Waals surface area contributed by atoms with E-state index in [0.29, 0.717) is 5.75 Å². The zero-order valence-corrected chi connectivity index (χ0v) is 13.6. The van der Waals surface area contributed by atoms with Crippen LogP contribution >= 0.6 is 0 Å². The smallest absolute Gasteiger partial charge is 0.308 e. The number of carbonyl (C=O) groups excluding carboxylic acids is 1. The van der Waals surface area contributed by atoms with Gasteiger partial charge in [-0.25, -0.2) is 0 Å². The monoisotopic (exact) mass is 327 g/mol. The predicted molar refractivity (Wildman–Crippen MR) is 91.0 cm³/mol. The Hall–Kier alpha value is -2.56. The van der Waals surface area contributed by atoms with Gasteiger partial charge in [-0.1, -0.05) is 37.3 Å². The molecule has 0 radical (unpaired) electrons. The van der Waals surface area contributed by atoms with E-state index in [-0.39, 0.29) is 25.1 Å². The molecule has 2 aromatic rings. The Labute approximate surface area is 140 Å². The van der Waals surface area contributed by atoms with E-state index < -0.39 is 11.9 Å². The summed E-state index contributed by atoms with van der Waals surface area (Å²) >= 11 is 0. The fourth-order valence-corrected chi connectivity index (χ4v) is 2.70. The molecular weight excluding hydrogens is 306 g/mol. The van der Waals surface area contributed by atoms with Gasteiger partial charge in [-0.3, -0.25) is 9.59 Å². The molecule has 5 heteroatoms. The third kappa shape index (κ3) is 3.85. The number of carbonyl (C=O) groups is 2. The second-order valence-electron chi connectivity index (χ2n) is 6.31. The molecular formula is C19H21NO4. The first-order chi connectivity index (χ1) is 11.5. The van der Waals surface area contributed by atoms with Crippen molar-refractivity contribution >= 4 is 22.6 Å². The summed E-state index contributed by atoms with van der Waals surface area (Å²) in [6, 6.07) is 13.8. The second-order valence-corrected chi connectivity index (χ2v) is 6.31. The highest BCUT2D eigenvalue weighted by Gasteiger charge is 2.34. The van der Waals surface area contributed by atoms with E-state index in [2.05, 4.69) is 0 Å². The summed E-state index contributed by atoms with van der Waals surface area (Å²) < 4.78 is 5.64. The summed E-state index contributed by atoms with van der Waals surface area (Å²) in [4.78, 5) is 25.1. The van der Waals surface area contributed by atoms with Crippen molar-refractivity contribution < 1.29 is 19.4 Å². The Kier molecular flexibility index (Phi) is 4.69. The lowest BCUT2D eigenvalue weighted by Crippen LogP contribution is -2.41. The lowest BCUT2D eigenvalue weighted by Gasteiger charge is -2.24. The molecule has 0 aromatic heterocycles. The molecule has 0 saturated heterocycles. The van der Waals surface area contributed by atoms with E-state index in [4.69, 9.17) is 9.84 Å². The third-order valence-corrected chi connectivity index (χ3v) is 4.28. The van der Waals surface area contributed by atoms with Gasteiger partial charge in [0.2, 0.25) is 0 Å². The lowest BCUT2D eigenvalue weighted by molar-refractivity contribution is -0.143. The van der Waals surface area contributed by atoms with Crippen LogP contribution in [-0.4, -0.2) is 41.1 Å². The quantitative estimate of drug-likeness (QED) is 0.849. The molecule has 0 bridgehead atoms. The molecule has 24 heavy (non-hydrogen) atoms. The molecule has 2 aromatic carbocycles. The summed E-state index contributed by atoms with van der Waals surface area (Å²) in [5.41, 5.74) is 0. The van der Waals surface area contributed by atoms with Gasteiger partial charge in [0, 0.05) is 12.6 Å². The number of carboxylic acids is 1. The van der Waals surface area contributed by atoms with Crippen molar-refractivity contribution in [3.8, 4) is 5.75 Å². The molecule has 1 fully saturated rings. The molecule has 5 nitrogen and oxygen atoms in total. The number of carboxylic acid groups (broad SMARTS) is 1. The minimum atomic E-state index is -0.885. The van der Waals surface area contributed by atoms with Gasteiger partial charge in [-0.05, 0) is 35.7 Å². The first-order valence-electron chi connectivity index (χ1n) is 8.18. The maximum atomic E-state index is 12.4. The Morgan fingerprint density at radius 1 is 1.21 bits per heavy atom. The van der Waals surface area contributed by atoms with Crippen molar-refractivity contribution in [2.45, 2.75) is 25.8 Å². The Morgan fingerprint density at radius 3 is 2.58 bits per heavy atom. The van der Waals surface area contributed by atoms with E-state index in [1.807, 2.05) is 42.5 Å². The van der Waals surface area contributed by atoms with Gasteiger partial charge >= 0.3 is 5.97 Å². The van der Waals surface area contributed by atoms with Crippen molar-refractivity contribution in [3.63, 3.8) is 0 Å². The Morgan fingerprint density at radius 2 is 1.92 bits per heavy atom. The van der Waals surface area contributed by atoms with Gasteiger partial charge < -0.3 is 14.7 Å². The highest BCUT2D eigenvalue weighted by atomic mass is 16.5. The number of hydrogen-bond acceptors (Lipinski definition) is 3. The molecule has 0 spiro atoms. The number of ether oxygens (including phenoxy) is 1. The Balaban J connectivity index is 1.63. The van der Waals surface area contributed by atoms with E-state index in [0.717, 1.165) is 23.6 Å². The first-order valence-corrected chi connectivity index (χ1v) is 8.18. The zero-order chi connectivity index (χ0) is 17.1. The molecule has 3 rings (SSSR count). The van der Waals surface area contributed by atoms with Crippen LogP contribution in [0.2, 0.25) is 0 Å². The molecule has 1 N–H and O–H groups in total. The van der Waals surface area contributed by atoms with Crippen LogP contribution in [0.1, 0.15) is 19.8 Å². The number of rotatable bonds is 7. The first kappa shape index (κ1) is 16.3. The molecule has 1 amide bonds. The highest BCUT2D eigenvalue weighted by molar-refractivity contribution is 5.84. The molecule has 1 saturated carbocycles. The van der Waals surface area contributed by atoms with Gasteiger partial charge in [0.15, 0.2) is 6.61 Å². The molecule has 0 heterocycles. The van der Waals surface area contributed by atoms with Crippen LogP contribution in [0, 0.1) is 5.92 Å². The van der Waals surface area contributed by atoms with Gasteiger partial charge in [-0.15, -0.1) is 0 Å². The fraction of sp³-hybridized carbons (Fsp3) is 0.368. The van der Waals surface area contributed by atoms with Gasteiger partial charge in [0.1, 0.15) is 5.75 Å². The minimum absolute atomic E-state index is 0.0683. The van der Waals surface area contributed by atoms with Crippen LogP contribution in [0.25, 0.3) is 10.8 Å². The zero-order valence-electron chi connectivity index (χ0n) is 13.6. The SMILES string of the molecule is CC(CN(C(=O)COc1ccc2ccccc2c1)C1CC1)C(=O)O. The minimum Gasteiger partial charge on any atom is -0.484 e. The summed E-state index contributed by atoms with van der Waals surface area (Å²) in [5, 5.41) is 11.2. The third-order valence-electron chi connectivity index (χ3n) is 4.28. The van der Waals surface area contributed by atoms with Crippen LogP contribution in [0.4, 0.5) is 0 Å². The summed E-state index contributed by atoms with van der Waals surface area (Å²) in [6.07, 6.45) is 1.88. The molecule has 0 aliphatic heterocycles. The number of fused-ring (bicyclic) bond motifs is 1. The number of amides is 1. The van der Waals surface area contributed by atoms with Crippen LogP contribution in [0.15, 0.2) is 42.5 Å². The summed E-state index contributed by atoms with van der Waals surface area (Å²) in [6.45, 7) is 1.79. The lowest BCUT2D eigenvalue weighted by atomic mass is 10.1. The number of hydrogen-bond donors (Lipinski definition) is 1. The van der Waals surface area contributed by atoms with Crippen LogP contribution < -0.4 is 4.74 Å². The molecule has 1 unspecified atom stereocenters. The van der Waals surface area contributed by atoms with Gasteiger partial charge in [0.05, 0.1) is 5.92 Å². The largest absolute Gasteiger partial charge is 0.484 e. The van der Waals surface area contributed by atoms with Crippen molar-refractivity contribution in [3.05, 3.63) is 42.5 Å². The fourth-order valence-electron chi connectivity index (χ4n) is 2.70. The molecule has 1 atom stereocenters. The molecule has 126 valence electrons. The van der Waals surface area contributed by atoms with Crippen molar-refractivity contribution in [1.29, 1.82) is 0 Å². The van der Waals surface area contributed by atoms with Crippen molar-refractivity contribution in [2.24, 2.45) is 5.92 Å². The van der Waals surface area contributed by atoms with Gasteiger partial charge in [0.25, 0.3) is 5.91 Å². The highest BCUT2D eigenvalue weighted by Crippen LogP contribution is 2.28. The summed E-state index contributed by atoms with van der Waals surface area (Å²) in [5.74, 6) is -0.970. The maximum Gasteiger partial charge on any atom is 0.308 e. The predicted octanol–water partition coefficient (Wildman–Crippen LogP) is 2.93. The van der Waals surface area contributed by atoms with Crippen molar-refractivity contribution in [1.82, 2.24) is 4.90 Å². The van der Waals surface area contributed by atoms with E-state index in [1.54, 1.807) is 11.8 Å². The normalized spacial score (nSPS) is 15.0. The van der Waals surface area contributed by atoms with Gasteiger partial charge in [-0.2, -0.15) is 0 Å². The van der Waals surface area contributed by atoms with Crippen LogP contribution in [0.3, 0.4) is 0 Å². The number of aliphatic carboxylic acids is 1. The maximum absolute atomic E-state index is 12.4.